The summed E-state index contributed by atoms with van der Waals surface area (Å²) in [6.45, 7) is 2.00. The fourth-order valence-electron chi connectivity index (χ4n) is 2.20. The van der Waals surface area contributed by atoms with Crippen molar-refractivity contribution in [2.45, 2.75) is 11.8 Å². The Balaban J connectivity index is 2.08. The first-order chi connectivity index (χ1) is 11.5. The lowest BCUT2D eigenvalue weighted by Crippen LogP contribution is -2.27. The van der Waals surface area contributed by atoms with Gasteiger partial charge in [-0.25, -0.2) is 18.4 Å². The standard InChI is InChI=1S/C16H12ClF2N3OS/c1-2-24-15-4-3-9(17)5-14(15)21-22-8-20-13-7-12(19)11(18)6-10(13)16(22)23/h3-8,21H,2H2,1H3. The topological polar surface area (TPSA) is 46.9 Å². The number of aromatic nitrogens is 2. The molecule has 3 aromatic rings. The normalized spacial score (nSPS) is 11.0. The van der Waals surface area contributed by atoms with E-state index in [9.17, 15) is 13.6 Å². The monoisotopic (exact) mass is 367 g/mol. The Labute approximate surface area is 145 Å². The molecule has 24 heavy (non-hydrogen) atoms. The minimum atomic E-state index is -1.09. The van der Waals surface area contributed by atoms with Gasteiger partial charge in [-0.1, -0.05) is 18.5 Å². The van der Waals surface area contributed by atoms with Gasteiger partial charge in [0.15, 0.2) is 11.6 Å². The van der Waals surface area contributed by atoms with Crippen molar-refractivity contribution in [3.8, 4) is 0 Å². The predicted octanol–water partition coefficient (Wildman–Crippen LogP) is 4.32. The van der Waals surface area contributed by atoms with Crippen LogP contribution in [0.3, 0.4) is 0 Å². The number of anilines is 1. The van der Waals surface area contributed by atoms with Crippen molar-refractivity contribution >= 4 is 40.0 Å². The molecule has 4 nitrogen and oxygen atoms in total. The number of rotatable bonds is 4. The van der Waals surface area contributed by atoms with E-state index in [0.29, 0.717) is 10.7 Å². The molecule has 0 aliphatic carbocycles. The van der Waals surface area contributed by atoms with E-state index in [1.807, 2.05) is 13.0 Å². The van der Waals surface area contributed by atoms with Crippen LogP contribution in [-0.4, -0.2) is 15.4 Å². The summed E-state index contributed by atoms with van der Waals surface area (Å²) in [5.41, 5.74) is 3.09. The van der Waals surface area contributed by atoms with Crippen molar-refractivity contribution in [2.75, 3.05) is 11.2 Å². The second-order valence-corrected chi connectivity index (χ2v) is 6.63. The second kappa shape index (κ2) is 6.78. The lowest BCUT2D eigenvalue weighted by Gasteiger charge is -2.13. The fourth-order valence-corrected chi connectivity index (χ4v) is 3.10. The van der Waals surface area contributed by atoms with Gasteiger partial charge in [-0.05, 0) is 30.0 Å². The number of hydrogen-bond donors (Lipinski definition) is 1. The van der Waals surface area contributed by atoms with Crippen LogP contribution in [-0.2, 0) is 0 Å². The molecule has 0 bridgehead atoms. The van der Waals surface area contributed by atoms with Gasteiger partial charge in [-0.2, -0.15) is 0 Å². The average Bonchev–Trinajstić information content (AvgIpc) is 2.55. The Morgan fingerprint density at radius 1 is 1.25 bits per heavy atom. The second-order valence-electron chi connectivity index (χ2n) is 4.89. The molecule has 0 radical (unpaired) electrons. The molecule has 0 aliphatic rings. The summed E-state index contributed by atoms with van der Waals surface area (Å²) in [5.74, 6) is -1.30. The summed E-state index contributed by atoms with van der Waals surface area (Å²) < 4.78 is 27.8. The van der Waals surface area contributed by atoms with Crippen LogP contribution in [0.2, 0.25) is 5.02 Å². The number of benzene rings is 2. The molecule has 0 aliphatic heterocycles. The summed E-state index contributed by atoms with van der Waals surface area (Å²) in [4.78, 5) is 17.4. The highest BCUT2D eigenvalue weighted by atomic mass is 35.5. The highest BCUT2D eigenvalue weighted by molar-refractivity contribution is 7.99. The Morgan fingerprint density at radius 3 is 2.75 bits per heavy atom. The molecular formula is C16H12ClF2N3OS. The van der Waals surface area contributed by atoms with E-state index in [-0.39, 0.29) is 10.9 Å². The van der Waals surface area contributed by atoms with Gasteiger partial charge in [-0.3, -0.25) is 10.2 Å². The van der Waals surface area contributed by atoms with E-state index in [4.69, 9.17) is 11.6 Å². The molecule has 124 valence electrons. The average molecular weight is 368 g/mol. The maximum Gasteiger partial charge on any atom is 0.280 e. The molecule has 8 heteroatoms. The van der Waals surface area contributed by atoms with Crippen molar-refractivity contribution in [2.24, 2.45) is 0 Å². The van der Waals surface area contributed by atoms with E-state index in [2.05, 4.69) is 10.4 Å². The lowest BCUT2D eigenvalue weighted by molar-refractivity contribution is 0.510. The maximum atomic E-state index is 13.4. The van der Waals surface area contributed by atoms with Gasteiger partial charge in [0.25, 0.3) is 5.56 Å². The van der Waals surface area contributed by atoms with Crippen LogP contribution in [0, 0.1) is 11.6 Å². The van der Waals surface area contributed by atoms with Crippen LogP contribution in [0.15, 0.2) is 46.3 Å². The first-order valence-electron chi connectivity index (χ1n) is 7.05. The molecule has 2 aromatic carbocycles. The van der Waals surface area contributed by atoms with Crippen LogP contribution >= 0.6 is 23.4 Å². The summed E-state index contributed by atoms with van der Waals surface area (Å²) >= 11 is 7.59. The predicted molar refractivity (Wildman–Crippen MR) is 92.8 cm³/mol. The number of thioether (sulfide) groups is 1. The minimum Gasteiger partial charge on any atom is -0.289 e. The van der Waals surface area contributed by atoms with Crippen molar-refractivity contribution in [3.05, 3.63) is 63.7 Å². The maximum absolute atomic E-state index is 13.4. The number of hydrogen-bond acceptors (Lipinski definition) is 4. The van der Waals surface area contributed by atoms with Gasteiger partial charge in [0, 0.05) is 16.0 Å². The van der Waals surface area contributed by atoms with Gasteiger partial charge >= 0.3 is 0 Å². The number of nitrogens with one attached hydrogen (secondary N) is 1. The zero-order valence-electron chi connectivity index (χ0n) is 12.5. The summed E-state index contributed by atoms with van der Waals surface area (Å²) in [7, 11) is 0. The molecule has 0 fully saturated rings. The smallest absolute Gasteiger partial charge is 0.280 e. The lowest BCUT2D eigenvalue weighted by atomic mass is 10.2. The van der Waals surface area contributed by atoms with Crippen LogP contribution in [0.5, 0.6) is 0 Å². The van der Waals surface area contributed by atoms with Crippen LogP contribution in [0.4, 0.5) is 14.5 Å². The largest absolute Gasteiger partial charge is 0.289 e. The van der Waals surface area contributed by atoms with Crippen molar-refractivity contribution in [1.82, 2.24) is 9.66 Å². The van der Waals surface area contributed by atoms with E-state index < -0.39 is 17.2 Å². The number of halogens is 3. The highest BCUT2D eigenvalue weighted by Crippen LogP contribution is 2.29. The van der Waals surface area contributed by atoms with Crippen LogP contribution in [0.25, 0.3) is 10.9 Å². The van der Waals surface area contributed by atoms with Crippen molar-refractivity contribution in [3.63, 3.8) is 0 Å². The third-order valence-corrected chi connectivity index (χ3v) is 4.47. The van der Waals surface area contributed by atoms with E-state index in [1.165, 1.54) is 6.33 Å². The van der Waals surface area contributed by atoms with Gasteiger partial charge in [0.1, 0.15) is 6.33 Å². The summed E-state index contributed by atoms with van der Waals surface area (Å²) in [6.07, 6.45) is 1.23. The molecule has 0 saturated carbocycles. The molecule has 0 saturated heterocycles. The summed E-state index contributed by atoms with van der Waals surface area (Å²) in [5, 5.41) is 0.489. The molecule has 3 rings (SSSR count). The van der Waals surface area contributed by atoms with E-state index in [0.717, 1.165) is 27.5 Å². The first-order valence-corrected chi connectivity index (χ1v) is 8.41. The van der Waals surface area contributed by atoms with E-state index in [1.54, 1.807) is 23.9 Å². The third-order valence-electron chi connectivity index (χ3n) is 3.28. The zero-order valence-corrected chi connectivity index (χ0v) is 14.1. The van der Waals surface area contributed by atoms with Crippen LogP contribution < -0.4 is 11.0 Å². The highest BCUT2D eigenvalue weighted by Gasteiger charge is 2.11. The number of nitrogens with zero attached hydrogens (tertiary/aromatic N) is 2. The molecule has 0 amide bonds. The van der Waals surface area contributed by atoms with Crippen molar-refractivity contribution in [1.29, 1.82) is 0 Å². The van der Waals surface area contributed by atoms with Crippen LogP contribution in [0.1, 0.15) is 6.92 Å². The molecule has 0 spiro atoms. The quantitative estimate of drug-likeness (QED) is 0.698. The molecular weight excluding hydrogens is 356 g/mol. The molecule has 1 heterocycles. The molecule has 1 aromatic heterocycles. The van der Waals surface area contributed by atoms with Gasteiger partial charge < -0.3 is 0 Å². The Hall–Kier alpha value is -2.12. The summed E-state index contributed by atoms with van der Waals surface area (Å²) in [6, 6.07) is 7.02. The minimum absolute atomic E-state index is 0.0179. The fraction of sp³-hybridized carbons (Fsp3) is 0.125. The van der Waals surface area contributed by atoms with Crippen molar-refractivity contribution < 1.29 is 8.78 Å². The van der Waals surface area contributed by atoms with Gasteiger partial charge in [-0.15, -0.1) is 11.8 Å². The number of fused-ring (bicyclic) bond motifs is 1. The Morgan fingerprint density at radius 2 is 2.00 bits per heavy atom. The molecule has 0 atom stereocenters. The SMILES string of the molecule is CCSc1ccc(Cl)cc1Nn1cnc2cc(F)c(F)cc2c1=O. The van der Waals surface area contributed by atoms with Gasteiger partial charge in [0.05, 0.1) is 16.6 Å². The van der Waals surface area contributed by atoms with E-state index >= 15 is 0 Å². The zero-order chi connectivity index (χ0) is 17.3. The Kier molecular flexibility index (Phi) is 4.73. The molecule has 1 N–H and O–H groups in total. The Bertz CT molecular complexity index is 977. The van der Waals surface area contributed by atoms with Gasteiger partial charge in [0.2, 0.25) is 0 Å². The third kappa shape index (κ3) is 3.22. The first kappa shape index (κ1) is 16.7. The molecule has 0 unspecified atom stereocenters.